The Morgan fingerprint density at radius 2 is 1.68 bits per heavy atom. The topological polar surface area (TPSA) is 33.5 Å². The normalized spacial score (nSPS) is 15.7. The van der Waals surface area contributed by atoms with Gasteiger partial charge in [-0.2, -0.15) is 0 Å². The fourth-order valence-corrected chi connectivity index (χ4v) is 4.35. The monoisotopic (exact) mass is 389 g/mol. The summed E-state index contributed by atoms with van der Waals surface area (Å²) >= 11 is 1.63. The molecule has 0 bridgehead atoms. The van der Waals surface area contributed by atoms with Crippen LogP contribution in [0, 0.1) is 0 Å². The average Bonchev–Trinajstić information content (AvgIpc) is 2.74. The minimum absolute atomic E-state index is 0.0627. The van der Waals surface area contributed by atoms with Crippen molar-refractivity contribution in [3.8, 4) is 0 Å². The number of amides is 1. The summed E-state index contributed by atoms with van der Waals surface area (Å²) in [5, 5.41) is 3.02. The molecular formula is C24H25N2OS+. The lowest BCUT2D eigenvalue weighted by atomic mass is 9.99. The van der Waals surface area contributed by atoms with E-state index >= 15 is 0 Å². The maximum Gasteiger partial charge on any atom is 0.255 e. The van der Waals surface area contributed by atoms with Crippen molar-refractivity contribution in [1.82, 2.24) is 0 Å². The number of quaternary nitrogens is 1. The van der Waals surface area contributed by atoms with Crippen molar-refractivity contribution in [2.45, 2.75) is 24.4 Å². The Kier molecular flexibility index (Phi) is 5.79. The van der Waals surface area contributed by atoms with Crippen LogP contribution in [-0.2, 0) is 19.5 Å². The molecule has 0 fully saturated rings. The zero-order chi connectivity index (χ0) is 19.3. The molecule has 0 aliphatic carbocycles. The fourth-order valence-electron chi connectivity index (χ4n) is 3.80. The van der Waals surface area contributed by atoms with Gasteiger partial charge in [-0.15, -0.1) is 11.8 Å². The van der Waals surface area contributed by atoms with Crippen molar-refractivity contribution >= 4 is 23.4 Å². The van der Waals surface area contributed by atoms with Gasteiger partial charge in [0.05, 0.1) is 12.2 Å². The van der Waals surface area contributed by atoms with Gasteiger partial charge in [0, 0.05) is 28.0 Å². The zero-order valence-electron chi connectivity index (χ0n) is 16.1. The second-order valence-electron chi connectivity index (χ2n) is 7.22. The molecule has 0 saturated heterocycles. The Bertz CT molecular complexity index is 968. The molecule has 0 spiro atoms. The molecule has 28 heavy (non-hydrogen) atoms. The van der Waals surface area contributed by atoms with E-state index in [0.29, 0.717) is 5.56 Å². The average molecular weight is 390 g/mol. The lowest BCUT2D eigenvalue weighted by molar-refractivity contribution is -0.929. The number of para-hydroxylation sites is 1. The van der Waals surface area contributed by atoms with Crippen LogP contribution in [-0.4, -0.2) is 18.7 Å². The van der Waals surface area contributed by atoms with Crippen LogP contribution in [0.25, 0.3) is 0 Å². The molecule has 1 unspecified atom stereocenters. The van der Waals surface area contributed by atoms with E-state index in [1.54, 1.807) is 16.7 Å². The van der Waals surface area contributed by atoms with Gasteiger partial charge in [0.2, 0.25) is 0 Å². The number of thioether (sulfide) groups is 1. The van der Waals surface area contributed by atoms with Crippen LogP contribution >= 0.6 is 11.8 Å². The zero-order valence-corrected chi connectivity index (χ0v) is 16.9. The maximum absolute atomic E-state index is 12.6. The smallest absolute Gasteiger partial charge is 0.255 e. The second kappa shape index (κ2) is 8.63. The van der Waals surface area contributed by atoms with E-state index in [1.807, 2.05) is 42.7 Å². The Hall–Kier alpha value is -2.56. The molecule has 1 amide bonds. The largest absolute Gasteiger partial charge is 0.327 e. The quantitative estimate of drug-likeness (QED) is 0.651. The first-order valence-electron chi connectivity index (χ1n) is 9.66. The van der Waals surface area contributed by atoms with E-state index in [-0.39, 0.29) is 5.91 Å². The van der Waals surface area contributed by atoms with Crippen LogP contribution in [0.1, 0.15) is 27.0 Å². The van der Waals surface area contributed by atoms with E-state index in [1.165, 1.54) is 16.7 Å². The summed E-state index contributed by atoms with van der Waals surface area (Å²) < 4.78 is 0. The van der Waals surface area contributed by atoms with Crippen molar-refractivity contribution in [3.05, 3.63) is 95.1 Å². The third-order valence-corrected chi connectivity index (χ3v) is 6.13. The number of benzene rings is 3. The molecule has 1 aliphatic heterocycles. The summed E-state index contributed by atoms with van der Waals surface area (Å²) in [4.78, 5) is 15.2. The Morgan fingerprint density at radius 1 is 0.964 bits per heavy atom. The van der Waals surface area contributed by atoms with Crippen LogP contribution in [0.5, 0.6) is 0 Å². The Morgan fingerprint density at radius 3 is 2.46 bits per heavy atom. The molecule has 0 radical (unpaired) electrons. The summed E-state index contributed by atoms with van der Waals surface area (Å²) in [7, 11) is 0. The van der Waals surface area contributed by atoms with E-state index < -0.39 is 0 Å². The van der Waals surface area contributed by atoms with E-state index in [9.17, 15) is 4.79 Å². The van der Waals surface area contributed by atoms with Gasteiger partial charge in [-0.3, -0.25) is 4.79 Å². The van der Waals surface area contributed by atoms with Gasteiger partial charge in [-0.05, 0) is 36.1 Å². The van der Waals surface area contributed by atoms with Gasteiger partial charge >= 0.3 is 0 Å². The summed E-state index contributed by atoms with van der Waals surface area (Å²) in [5.74, 6) is -0.0627. The molecule has 2 N–H and O–H groups in total. The highest BCUT2D eigenvalue weighted by atomic mass is 32.2. The van der Waals surface area contributed by atoms with Gasteiger partial charge in [0.1, 0.15) is 13.1 Å². The molecule has 1 aliphatic rings. The van der Waals surface area contributed by atoms with E-state index in [0.717, 1.165) is 36.6 Å². The maximum atomic E-state index is 12.6. The number of hydrogen-bond donors (Lipinski definition) is 2. The molecule has 142 valence electrons. The lowest BCUT2D eigenvalue weighted by Crippen LogP contribution is -3.10. The highest BCUT2D eigenvalue weighted by molar-refractivity contribution is 7.98. The first-order chi connectivity index (χ1) is 13.7. The van der Waals surface area contributed by atoms with Gasteiger partial charge < -0.3 is 10.2 Å². The number of nitrogens with one attached hydrogen (secondary N) is 2. The van der Waals surface area contributed by atoms with Crippen molar-refractivity contribution in [2.24, 2.45) is 0 Å². The number of carbonyl (C=O) groups excluding carboxylic acids is 1. The SMILES string of the molecule is CSc1ccccc1NC(=O)c1ccc(C[NH+]2CCc3ccccc3C2)cc1. The van der Waals surface area contributed by atoms with E-state index in [4.69, 9.17) is 0 Å². The van der Waals surface area contributed by atoms with Crippen LogP contribution in [0.15, 0.2) is 77.7 Å². The van der Waals surface area contributed by atoms with Crippen LogP contribution in [0.4, 0.5) is 5.69 Å². The Labute approximate surface area is 170 Å². The molecule has 0 aromatic heterocycles. The fraction of sp³-hybridized carbons (Fsp3) is 0.208. The van der Waals surface area contributed by atoms with Crippen molar-refractivity contribution in [2.75, 3.05) is 18.1 Å². The molecule has 0 saturated carbocycles. The Balaban J connectivity index is 1.39. The molecule has 3 aromatic rings. The number of rotatable bonds is 5. The predicted octanol–water partition coefficient (Wildman–Crippen LogP) is 3.80. The summed E-state index contributed by atoms with van der Waals surface area (Å²) in [6, 6.07) is 24.7. The predicted molar refractivity (Wildman–Crippen MR) is 116 cm³/mol. The summed E-state index contributed by atoms with van der Waals surface area (Å²) in [6.07, 6.45) is 3.15. The number of fused-ring (bicyclic) bond motifs is 1. The van der Waals surface area contributed by atoms with E-state index in [2.05, 4.69) is 41.7 Å². The minimum atomic E-state index is -0.0627. The van der Waals surface area contributed by atoms with Gasteiger partial charge in [0.15, 0.2) is 0 Å². The number of carbonyl (C=O) groups is 1. The van der Waals surface area contributed by atoms with Crippen molar-refractivity contribution in [1.29, 1.82) is 0 Å². The molecule has 1 heterocycles. The molecule has 3 aromatic carbocycles. The first-order valence-corrected chi connectivity index (χ1v) is 10.9. The van der Waals surface area contributed by atoms with Crippen molar-refractivity contribution < 1.29 is 9.69 Å². The third-order valence-electron chi connectivity index (χ3n) is 5.33. The molecular weight excluding hydrogens is 364 g/mol. The third kappa shape index (κ3) is 4.29. The highest BCUT2D eigenvalue weighted by Crippen LogP contribution is 2.25. The van der Waals surface area contributed by atoms with Gasteiger partial charge in [-0.25, -0.2) is 0 Å². The van der Waals surface area contributed by atoms with Gasteiger partial charge in [-0.1, -0.05) is 48.5 Å². The lowest BCUT2D eigenvalue weighted by Gasteiger charge is -2.26. The van der Waals surface area contributed by atoms with Crippen molar-refractivity contribution in [3.63, 3.8) is 0 Å². The standard InChI is InChI=1S/C24H24N2OS/c1-28-23-9-5-4-8-22(23)25-24(27)20-12-10-18(11-13-20)16-26-15-14-19-6-2-3-7-21(19)17-26/h2-13H,14-17H2,1H3,(H,25,27)/p+1. The first kappa shape index (κ1) is 18.8. The second-order valence-corrected chi connectivity index (χ2v) is 8.07. The summed E-state index contributed by atoms with van der Waals surface area (Å²) in [6.45, 7) is 3.22. The molecule has 1 atom stereocenters. The summed E-state index contributed by atoms with van der Waals surface area (Å²) in [5.41, 5.74) is 5.78. The molecule has 3 nitrogen and oxygen atoms in total. The minimum Gasteiger partial charge on any atom is -0.327 e. The van der Waals surface area contributed by atoms with Crippen LogP contribution < -0.4 is 10.2 Å². The van der Waals surface area contributed by atoms with Crippen LogP contribution in [0.3, 0.4) is 0 Å². The number of hydrogen-bond acceptors (Lipinski definition) is 2. The van der Waals surface area contributed by atoms with Crippen LogP contribution in [0.2, 0.25) is 0 Å². The number of anilines is 1. The molecule has 4 rings (SSSR count). The molecule has 4 heteroatoms. The highest BCUT2D eigenvalue weighted by Gasteiger charge is 2.19. The van der Waals surface area contributed by atoms with Gasteiger partial charge in [0.25, 0.3) is 5.91 Å².